The molecule has 2 aliphatic heterocycles. The van der Waals surface area contributed by atoms with E-state index in [9.17, 15) is 19.3 Å². The van der Waals surface area contributed by atoms with Gasteiger partial charge in [-0.1, -0.05) is 6.92 Å². The first kappa shape index (κ1) is 25.9. The molecule has 2 saturated heterocycles. The second-order valence-corrected chi connectivity index (χ2v) is 10.1. The van der Waals surface area contributed by atoms with Gasteiger partial charge < -0.3 is 24.5 Å². The van der Waals surface area contributed by atoms with Crippen molar-refractivity contribution in [3.05, 3.63) is 32.6 Å². The number of rotatable bonds is 4. The lowest BCUT2D eigenvalue weighted by Crippen LogP contribution is -2.49. The fourth-order valence-electron chi connectivity index (χ4n) is 3.66. The first-order valence-electron chi connectivity index (χ1n) is 10.3. The van der Waals surface area contributed by atoms with E-state index in [0.29, 0.717) is 11.1 Å². The van der Waals surface area contributed by atoms with Crippen LogP contribution in [0.3, 0.4) is 0 Å². The zero-order valence-electron chi connectivity index (χ0n) is 18.6. The first-order valence-corrected chi connectivity index (χ1v) is 11.8. The summed E-state index contributed by atoms with van der Waals surface area (Å²) in [5.41, 5.74) is -0.490. The molecule has 0 radical (unpaired) electrons. The Labute approximate surface area is 181 Å². The van der Waals surface area contributed by atoms with Crippen LogP contribution in [-0.2, 0) is 13.8 Å². The van der Waals surface area contributed by atoms with Crippen molar-refractivity contribution >= 4 is 7.82 Å². The molecule has 178 valence electrons. The van der Waals surface area contributed by atoms with Crippen LogP contribution < -0.4 is 11.2 Å². The van der Waals surface area contributed by atoms with Gasteiger partial charge in [0, 0.05) is 23.7 Å². The van der Waals surface area contributed by atoms with Crippen molar-refractivity contribution in [3.63, 3.8) is 0 Å². The van der Waals surface area contributed by atoms with Gasteiger partial charge in [-0.3, -0.25) is 18.9 Å². The lowest BCUT2D eigenvalue weighted by Gasteiger charge is -2.44. The van der Waals surface area contributed by atoms with Gasteiger partial charge >= 0.3 is 13.5 Å². The van der Waals surface area contributed by atoms with Crippen molar-refractivity contribution in [2.75, 3.05) is 20.2 Å². The van der Waals surface area contributed by atoms with E-state index in [0.717, 1.165) is 10.5 Å². The van der Waals surface area contributed by atoms with Crippen molar-refractivity contribution in [3.8, 4) is 0 Å². The Morgan fingerprint density at radius 3 is 2.55 bits per heavy atom. The maximum atomic E-state index is 11.7. The van der Waals surface area contributed by atoms with Gasteiger partial charge in [0.05, 0.1) is 12.7 Å². The van der Waals surface area contributed by atoms with E-state index in [-0.39, 0.29) is 6.42 Å². The highest BCUT2D eigenvalue weighted by Gasteiger charge is 2.37. The number of ether oxygens (including phenoxy) is 1. The number of piperidine rings is 1. The number of likely N-dealkylation sites (tertiary alicyclic amines) is 1. The molecule has 3 heterocycles. The molecule has 31 heavy (non-hydrogen) atoms. The number of nitrogens with zero attached hydrogens (tertiary/aromatic N) is 2. The summed E-state index contributed by atoms with van der Waals surface area (Å²) in [6.45, 7) is 9.31. The molecule has 2 aliphatic rings. The normalized spacial score (nSPS) is 28.8. The zero-order chi connectivity index (χ0) is 23.6. The smallest absolute Gasteiger partial charge is 0.390 e. The van der Waals surface area contributed by atoms with E-state index < -0.39 is 44.1 Å². The molecule has 4 N–H and O–H groups in total. The van der Waals surface area contributed by atoms with Gasteiger partial charge in [-0.25, -0.2) is 9.36 Å². The van der Waals surface area contributed by atoms with Crippen LogP contribution in [0.2, 0.25) is 0 Å². The standard InChI is InChI=1S/C10H15N2O8P.C9H19N/c1-5-3-12(10(15)11-9(5)14)8-2-6(13)7(20-8)4-19-21(16,17)18;1-8-6-5-7-10(4)9(8,2)3/h3,6-8,13H,2,4H2,1H3,(H,11,14,15)(H2,16,17,18);8H,5-7H2,1-4H3/t6-,7+,8+;/m0./s1. The van der Waals surface area contributed by atoms with Crippen LogP contribution in [0.1, 0.15) is 51.8 Å². The van der Waals surface area contributed by atoms with Gasteiger partial charge in [-0.05, 0) is 53.1 Å². The highest BCUT2D eigenvalue weighted by molar-refractivity contribution is 7.46. The fraction of sp³-hybridized carbons (Fsp3) is 0.789. The number of aliphatic hydroxyl groups is 1. The summed E-state index contributed by atoms with van der Waals surface area (Å²) in [5, 5.41) is 9.79. The number of phosphoric acid groups is 1. The summed E-state index contributed by atoms with van der Waals surface area (Å²) in [5.74, 6) is 0.853. The van der Waals surface area contributed by atoms with Gasteiger partial charge in [-0.2, -0.15) is 0 Å². The first-order chi connectivity index (χ1) is 14.2. The van der Waals surface area contributed by atoms with E-state index in [4.69, 9.17) is 14.5 Å². The number of aryl methyl sites for hydroxylation is 1. The van der Waals surface area contributed by atoms with E-state index in [1.54, 1.807) is 0 Å². The fourth-order valence-corrected chi connectivity index (χ4v) is 4.00. The Hall–Kier alpha value is -1.33. The number of hydrogen-bond acceptors (Lipinski definition) is 7. The van der Waals surface area contributed by atoms with E-state index in [1.807, 2.05) is 0 Å². The minimum atomic E-state index is -4.67. The van der Waals surface area contributed by atoms with Crippen LogP contribution in [0, 0.1) is 12.8 Å². The minimum Gasteiger partial charge on any atom is -0.390 e. The lowest BCUT2D eigenvalue weighted by atomic mass is 9.81. The summed E-state index contributed by atoms with van der Waals surface area (Å²) >= 11 is 0. The maximum Gasteiger partial charge on any atom is 0.469 e. The van der Waals surface area contributed by atoms with Gasteiger partial charge in [0.25, 0.3) is 5.56 Å². The number of hydrogen-bond donors (Lipinski definition) is 4. The third-order valence-electron chi connectivity index (χ3n) is 6.39. The Morgan fingerprint density at radius 1 is 1.35 bits per heavy atom. The van der Waals surface area contributed by atoms with Gasteiger partial charge in [0.1, 0.15) is 12.3 Å². The average molecular weight is 463 g/mol. The summed E-state index contributed by atoms with van der Waals surface area (Å²) < 4.78 is 21.4. The third kappa shape index (κ3) is 6.82. The molecule has 1 aromatic heterocycles. The maximum absolute atomic E-state index is 11.7. The van der Waals surface area contributed by atoms with E-state index in [1.165, 1.54) is 32.5 Å². The molecule has 2 fully saturated rings. The number of nitrogens with one attached hydrogen (secondary N) is 1. The summed E-state index contributed by atoms with van der Waals surface area (Å²) in [6.07, 6.45) is 1.21. The number of phosphoric ester groups is 1. The Balaban J connectivity index is 0.000000285. The van der Waals surface area contributed by atoms with Crippen LogP contribution in [0.4, 0.5) is 0 Å². The molecule has 0 bridgehead atoms. The minimum absolute atomic E-state index is 0.0283. The Morgan fingerprint density at radius 2 is 2.00 bits per heavy atom. The van der Waals surface area contributed by atoms with Crippen LogP contribution in [0.25, 0.3) is 0 Å². The molecule has 11 nitrogen and oxygen atoms in total. The van der Waals surface area contributed by atoms with Gasteiger partial charge in [0.15, 0.2) is 0 Å². The molecule has 1 unspecified atom stereocenters. The topological polar surface area (TPSA) is 154 Å². The molecule has 0 saturated carbocycles. The quantitative estimate of drug-likeness (QED) is 0.473. The van der Waals surface area contributed by atoms with Crippen LogP contribution in [-0.4, -0.2) is 67.3 Å². The van der Waals surface area contributed by atoms with E-state index in [2.05, 4.69) is 42.2 Å². The van der Waals surface area contributed by atoms with Crippen LogP contribution in [0.15, 0.2) is 15.8 Å². The van der Waals surface area contributed by atoms with Crippen molar-refractivity contribution in [1.82, 2.24) is 14.5 Å². The highest BCUT2D eigenvalue weighted by Crippen LogP contribution is 2.38. The molecular weight excluding hydrogens is 429 g/mol. The molecule has 3 rings (SSSR count). The third-order valence-corrected chi connectivity index (χ3v) is 6.87. The van der Waals surface area contributed by atoms with Gasteiger partial charge in [0.2, 0.25) is 0 Å². The van der Waals surface area contributed by atoms with Crippen molar-refractivity contribution < 1.29 is 28.7 Å². The largest absolute Gasteiger partial charge is 0.469 e. The monoisotopic (exact) mass is 463 g/mol. The second-order valence-electron chi connectivity index (χ2n) is 8.82. The molecule has 12 heteroatoms. The molecule has 1 aromatic rings. The Bertz CT molecular complexity index is 896. The number of aromatic amines is 1. The predicted octanol–water partition coefficient (Wildman–Crippen LogP) is 0.729. The van der Waals surface area contributed by atoms with Crippen molar-refractivity contribution in [2.24, 2.45) is 5.92 Å². The summed E-state index contributed by atoms with van der Waals surface area (Å²) in [7, 11) is -2.44. The number of aromatic nitrogens is 2. The SMILES string of the molecule is CC1CCCN(C)C1(C)C.Cc1cn([C@H]2C[C@H](O)[C@@H](COP(=O)(O)O)O2)c(=O)[nH]c1=O. The zero-order valence-corrected chi connectivity index (χ0v) is 19.5. The van der Waals surface area contributed by atoms with Crippen molar-refractivity contribution in [1.29, 1.82) is 0 Å². The van der Waals surface area contributed by atoms with Crippen LogP contribution >= 0.6 is 7.82 Å². The molecule has 0 spiro atoms. The molecule has 4 atom stereocenters. The summed E-state index contributed by atoms with van der Waals surface area (Å²) in [4.78, 5) is 44.8. The van der Waals surface area contributed by atoms with Crippen molar-refractivity contribution in [2.45, 2.75) is 70.9 Å². The molecule has 0 amide bonds. The summed E-state index contributed by atoms with van der Waals surface area (Å²) in [6, 6.07) is 0. The molecular formula is C19H34N3O8P. The average Bonchev–Trinajstić information content (AvgIpc) is 3.02. The number of aliphatic hydroxyl groups excluding tert-OH is 1. The molecule has 0 aromatic carbocycles. The van der Waals surface area contributed by atoms with Gasteiger partial charge in [-0.15, -0.1) is 0 Å². The number of H-pyrrole nitrogens is 1. The lowest BCUT2D eigenvalue weighted by molar-refractivity contribution is -0.0451. The Kier molecular flexibility index (Phi) is 8.43. The predicted molar refractivity (Wildman–Crippen MR) is 114 cm³/mol. The second kappa shape index (κ2) is 10.1. The highest BCUT2D eigenvalue weighted by atomic mass is 31.2. The van der Waals surface area contributed by atoms with Crippen LogP contribution in [0.5, 0.6) is 0 Å². The van der Waals surface area contributed by atoms with E-state index >= 15 is 0 Å². The molecule has 0 aliphatic carbocycles.